The molecule has 0 amide bonds. The van der Waals surface area contributed by atoms with Gasteiger partial charge in [-0.2, -0.15) is 0 Å². The zero-order valence-corrected chi connectivity index (χ0v) is 11.3. The first-order valence-corrected chi connectivity index (χ1v) is 6.86. The van der Waals surface area contributed by atoms with E-state index in [1.54, 1.807) is 12.1 Å². The van der Waals surface area contributed by atoms with Gasteiger partial charge in [-0.25, -0.2) is 9.78 Å². The molecule has 1 aliphatic carbocycles. The van der Waals surface area contributed by atoms with Crippen molar-refractivity contribution in [1.82, 2.24) is 9.55 Å². The Labute approximate surface area is 112 Å². The van der Waals surface area contributed by atoms with Crippen LogP contribution >= 0.6 is 0 Å². The lowest BCUT2D eigenvalue weighted by atomic mass is 10.1. The Morgan fingerprint density at radius 3 is 2.84 bits per heavy atom. The second-order valence-corrected chi connectivity index (χ2v) is 5.34. The first kappa shape index (κ1) is 12.2. The number of hydrogen-bond acceptors (Lipinski definition) is 2. The van der Waals surface area contributed by atoms with Gasteiger partial charge in [-0.15, -0.1) is 0 Å². The smallest absolute Gasteiger partial charge is 0.335 e. The van der Waals surface area contributed by atoms with Gasteiger partial charge < -0.3 is 9.67 Å². The molecular weight excluding hydrogens is 240 g/mol. The number of carboxylic acid groups (broad SMARTS) is 1. The van der Waals surface area contributed by atoms with Crippen LogP contribution in [0.3, 0.4) is 0 Å². The van der Waals surface area contributed by atoms with Crippen LogP contribution in [0.2, 0.25) is 0 Å². The summed E-state index contributed by atoms with van der Waals surface area (Å²) in [6, 6.07) is 5.60. The third-order valence-electron chi connectivity index (χ3n) is 4.04. The molecule has 1 fully saturated rings. The van der Waals surface area contributed by atoms with Gasteiger partial charge in [0.05, 0.1) is 16.6 Å². The molecule has 0 saturated heterocycles. The van der Waals surface area contributed by atoms with Gasteiger partial charge in [-0.3, -0.25) is 0 Å². The molecule has 1 atom stereocenters. The van der Waals surface area contributed by atoms with Crippen molar-refractivity contribution in [3.63, 3.8) is 0 Å². The van der Waals surface area contributed by atoms with Crippen LogP contribution in [-0.4, -0.2) is 20.6 Å². The molecule has 100 valence electrons. The van der Waals surface area contributed by atoms with Crippen molar-refractivity contribution in [3.05, 3.63) is 29.6 Å². The molecule has 1 aromatic carbocycles. The number of benzene rings is 1. The van der Waals surface area contributed by atoms with Gasteiger partial charge in [0.15, 0.2) is 0 Å². The first-order valence-electron chi connectivity index (χ1n) is 6.86. The fraction of sp³-hybridized carbons (Fsp3) is 0.467. The predicted molar refractivity (Wildman–Crippen MR) is 73.5 cm³/mol. The lowest BCUT2D eigenvalue weighted by Gasteiger charge is -2.16. The van der Waals surface area contributed by atoms with Crippen molar-refractivity contribution in [2.45, 2.75) is 39.2 Å². The number of nitrogens with zero attached hydrogens (tertiary/aromatic N) is 2. The Bertz CT molecular complexity index is 641. The highest BCUT2D eigenvalue weighted by Gasteiger charge is 2.31. The van der Waals surface area contributed by atoms with Gasteiger partial charge in [-0.1, -0.05) is 6.92 Å². The minimum Gasteiger partial charge on any atom is -0.478 e. The maximum absolute atomic E-state index is 11.1. The van der Waals surface area contributed by atoms with Gasteiger partial charge in [0, 0.05) is 12.5 Å². The SMILES string of the molecule is CCc1nc2ccc(C(=O)O)cc2n1C(C)C1CC1. The standard InChI is InChI=1S/C15H18N2O2/c1-3-14-16-12-7-6-11(15(18)19)8-13(12)17(14)9(2)10-4-5-10/h6-10H,3-5H2,1-2H3,(H,18,19). The second kappa shape index (κ2) is 4.37. The lowest BCUT2D eigenvalue weighted by Crippen LogP contribution is -2.11. The van der Waals surface area contributed by atoms with Gasteiger partial charge in [0.25, 0.3) is 0 Å². The van der Waals surface area contributed by atoms with Crippen LogP contribution in [0.1, 0.15) is 48.9 Å². The van der Waals surface area contributed by atoms with Crippen LogP contribution in [0.5, 0.6) is 0 Å². The highest BCUT2D eigenvalue weighted by atomic mass is 16.4. The number of carboxylic acids is 1. The van der Waals surface area contributed by atoms with Gasteiger partial charge in [-0.05, 0) is 43.9 Å². The maximum Gasteiger partial charge on any atom is 0.335 e. The molecule has 2 aromatic rings. The average molecular weight is 258 g/mol. The molecule has 1 aliphatic rings. The summed E-state index contributed by atoms with van der Waals surface area (Å²) in [5, 5.41) is 9.13. The molecular formula is C15H18N2O2. The van der Waals surface area contributed by atoms with E-state index in [9.17, 15) is 4.79 Å². The quantitative estimate of drug-likeness (QED) is 0.915. The largest absolute Gasteiger partial charge is 0.478 e. The summed E-state index contributed by atoms with van der Waals surface area (Å²) >= 11 is 0. The third kappa shape index (κ3) is 2.01. The van der Waals surface area contributed by atoms with Crippen molar-refractivity contribution in [2.75, 3.05) is 0 Å². The molecule has 0 aliphatic heterocycles. The zero-order valence-electron chi connectivity index (χ0n) is 11.3. The zero-order chi connectivity index (χ0) is 13.6. The fourth-order valence-corrected chi connectivity index (χ4v) is 2.77. The molecule has 0 spiro atoms. The molecule has 19 heavy (non-hydrogen) atoms. The maximum atomic E-state index is 11.1. The minimum absolute atomic E-state index is 0.333. The first-order chi connectivity index (χ1) is 9.11. The molecule has 3 rings (SSSR count). The van der Waals surface area contributed by atoms with E-state index in [1.165, 1.54) is 12.8 Å². The number of aryl methyl sites for hydroxylation is 1. The van der Waals surface area contributed by atoms with Crippen LogP contribution < -0.4 is 0 Å². The summed E-state index contributed by atoms with van der Waals surface area (Å²) < 4.78 is 2.24. The van der Waals surface area contributed by atoms with E-state index in [0.29, 0.717) is 11.6 Å². The van der Waals surface area contributed by atoms with Gasteiger partial charge >= 0.3 is 5.97 Å². The average Bonchev–Trinajstić information content (AvgIpc) is 3.17. The molecule has 1 N–H and O–H groups in total. The van der Waals surface area contributed by atoms with E-state index in [0.717, 1.165) is 29.2 Å². The molecule has 4 heteroatoms. The number of hydrogen-bond donors (Lipinski definition) is 1. The van der Waals surface area contributed by atoms with Crippen LogP contribution in [-0.2, 0) is 6.42 Å². The van der Waals surface area contributed by atoms with E-state index in [1.807, 2.05) is 6.07 Å². The van der Waals surface area contributed by atoms with Crippen molar-refractivity contribution < 1.29 is 9.90 Å². The molecule has 1 heterocycles. The summed E-state index contributed by atoms with van der Waals surface area (Å²) in [5.74, 6) is 0.889. The fourth-order valence-electron chi connectivity index (χ4n) is 2.77. The normalized spacial score (nSPS) is 16.7. The molecule has 4 nitrogen and oxygen atoms in total. The second-order valence-electron chi connectivity index (χ2n) is 5.34. The summed E-state index contributed by atoms with van der Waals surface area (Å²) in [7, 11) is 0. The number of rotatable bonds is 4. The van der Waals surface area contributed by atoms with Crippen molar-refractivity contribution in [1.29, 1.82) is 0 Å². The Morgan fingerprint density at radius 2 is 2.26 bits per heavy atom. The van der Waals surface area contributed by atoms with Crippen LogP contribution in [0, 0.1) is 5.92 Å². The summed E-state index contributed by atoms with van der Waals surface area (Å²) in [6.45, 7) is 4.31. The molecule has 1 saturated carbocycles. The number of aromatic carboxylic acids is 1. The van der Waals surface area contributed by atoms with E-state index in [2.05, 4.69) is 23.4 Å². The molecule has 0 bridgehead atoms. The van der Waals surface area contributed by atoms with E-state index < -0.39 is 5.97 Å². The predicted octanol–water partition coefficient (Wildman–Crippen LogP) is 3.27. The van der Waals surface area contributed by atoms with Crippen molar-refractivity contribution in [2.24, 2.45) is 5.92 Å². The van der Waals surface area contributed by atoms with E-state index in [-0.39, 0.29) is 0 Å². The van der Waals surface area contributed by atoms with E-state index in [4.69, 9.17) is 5.11 Å². The summed E-state index contributed by atoms with van der Waals surface area (Å²) in [6.07, 6.45) is 3.40. The summed E-state index contributed by atoms with van der Waals surface area (Å²) in [4.78, 5) is 15.8. The van der Waals surface area contributed by atoms with Gasteiger partial charge in [0.1, 0.15) is 5.82 Å². The Morgan fingerprint density at radius 1 is 1.53 bits per heavy atom. The number of carbonyl (C=O) groups is 1. The Kier molecular flexibility index (Phi) is 2.81. The number of fused-ring (bicyclic) bond motifs is 1. The van der Waals surface area contributed by atoms with E-state index >= 15 is 0 Å². The molecule has 1 aromatic heterocycles. The lowest BCUT2D eigenvalue weighted by molar-refractivity contribution is 0.0697. The van der Waals surface area contributed by atoms with Crippen molar-refractivity contribution >= 4 is 17.0 Å². The monoisotopic (exact) mass is 258 g/mol. The van der Waals surface area contributed by atoms with Crippen LogP contribution in [0.25, 0.3) is 11.0 Å². The number of imidazole rings is 1. The van der Waals surface area contributed by atoms with Gasteiger partial charge in [0.2, 0.25) is 0 Å². The highest BCUT2D eigenvalue weighted by Crippen LogP contribution is 2.41. The summed E-state index contributed by atoms with van der Waals surface area (Å²) in [5.41, 5.74) is 2.19. The topological polar surface area (TPSA) is 55.1 Å². The number of aromatic nitrogens is 2. The molecule has 1 unspecified atom stereocenters. The van der Waals surface area contributed by atoms with Crippen LogP contribution in [0.15, 0.2) is 18.2 Å². The highest BCUT2D eigenvalue weighted by molar-refractivity contribution is 5.92. The minimum atomic E-state index is -0.883. The third-order valence-corrected chi connectivity index (χ3v) is 4.04. The Hall–Kier alpha value is -1.84. The van der Waals surface area contributed by atoms with Crippen LogP contribution in [0.4, 0.5) is 0 Å². The molecule has 0 radical (unpaired) electrons. The van der Waals surface area contributed by atoms with Crippen molar-refractivity contribution in [3.8, 4) is 0 Å². The Balaban J connectivity index is 2.19.